The maximum absolute atomic E-state index is 12.1. The van der Waals surface area contributed by atoms with Crippen LogP contribution in [0.1, 0.15) is 51.1 Å². The highest BCUT2D eigenvalue weighted by molar-refractivity contribution is 5.88. The lowest BCUT2D eigenvalue weighted by Crippen LogP contribution is -2.42. The van der Waals surface area contributed by atoms with Crippen LogP contribution in [-0.4, -0.2) is 43.0 Å². The average Bonchev–Trinajstić information content (AvgIpc) is 3.09. The van der Waals surface area contributed by atoms with Gasteiger partial charge in [-0.2, -0.15) is 0 Å². The Hall–Kier alpha value is -2.08. The van der Waals surface area contributed by atoms with E-state index < -0.39 is 0 Å². The van der Waals surface area contributed by atoms with E-state index in [1.54, 1.807) is 0 Å². The molecule has 0 saturated heterocycles. The Morgan fingerprint density at radius 2 is 2.00 bits per heavy atom. The highest BCUT2D eigenvalue weighted by Crippen LogP contribution is 2.21. The van der Waals surface area contributed by atoms with Crippen LogP contribution in [-0.2, 0) is 4.79 Å². The zero-order valence-corrected chi connectivity index (χ0v) is 15.5. The van der Waals surface area contributed by atoms with Gasteiger partial charge in [-0.15, -0.1) is 0 Å². The number of hydrogen-bond acceptors (Lipinski definition) is 3. The highest BCUT2D eigenvalue weighted by atomic mass is 16.2. The van der Waals surface area contributed by atoms with E-state index in [0.29, 0.717) is 12.6 Å². The van der Waals surface area contributed by atoms with Crippen LogP contribution < -0.4 is 16.0 Å². The number of benzene rings is 1. The molecule has 25 heavy (non-hydrogen) atoms. The maximum atomic E-state index is 12.1. The van der Waals surface area contributed by atoms with Gasteiger partial charge >= 0.3 is 6.03 Å². The number of rotatable bonds is 7. The quantitative estimate of drug-likeness (QED) is 0.711. The van der Waals surface area contributed by atoms with Gasteiger partial charge in [0.25, 0.3) is 0 Å². The van der Waals surface area contributed by atoms with E-state index in [1.165, 1.54) is 32.6 Å². The fraction of sp³-hybridized carbons (Fsp3) is 0.579. The van der Waals surface area contributed by atoms with Gasteiger partial charge in [-0.1, -0.05) is 25.0 Å². The molecule has 1 aliphatic carbocycles. The zero-order chi connectivity index (χ0) is 18.2. The summed E-state index contributed by atoms with van der Waals surface area (Å²) in [6.45, 7) is 4.91. The van der Waals surface area contributed by atoms with E-state index in [2.05, 4.69) is 27.9 Å². The van der Waals surface area contributed by atoms with Crippen molar-refractivity contribution in [3.63, 3.8) is 0 Å². The molecule has 0 bridgehead atoms. The van der Waals surface area contributed by atoms with Crippen molar-refractivity contribution in [3.05, 3.63) is 29.8 Å². The van der Waals surface area contributed by atoms with Gasteiger partial charge in [0.15, 0.2) is 0 Å². The summed E-state index contributed by atoms with van der Waals surface area (Å²) < 4.78 is 0. The van der Waals surface area contributed by atoms with Crippen molar-refractivity contribution < 1.29 is 9.59 Å². The molecule has 1 aromatic rings. The monoisotopic (exact) mass is 346 g/mol. The molecular weight excluding hydrogens is 316 g/mol. The molecule has 0 heterocycles. The number of amides is 3. The molecule has 0 aliphatic heterocycles. The Balaban J connectivity index is 1.74. The second-order valence-corrected chi connectivity index (χ2v) is 6.85. The Kier molecular flexibility index (Phi) is 7.25. The number of likely N-dealkylation sites (N-methyl/N-ethyl adjacent to an activating group) is 1. The molecular formula is C19H30N4O2. The predicted octanol–water partition coefficient (Wildman–Crippen LogP) is 2.88. The molecule has 1 atom stereocenters. The standard InChI is InChI=1S/C19H30N4O2/c1-14(16-7-6-8-17(13-16)22-15(2)24)21-19(25)20-11-12-23(3)18-9-4-5-10-18/h6-8,13-14,18H,4-5,9-12H2,1-3H3,(H,22,24)(H2,20,21,25). The van der Waals surface area contributed by atoms with E-state index in [0.717, 1.165) is 17.8 Å². The molecule has 6 nitrogen and oxygen atoms in total. The largest absolute Gasteiger partial charge is 0.337 e. The first kappa shape index (κ1) is 19.2. The molecule has 1 unspecified atom stereocenters. The number of nitrogens with one attached hydrogen (secondary N) is 3. The van der Waals surface area contributed by atoms with Crippen molar-refractivity contribution in [2.45, 2.75) is 51.6 Å². The number of nitrogens with zero attached hydrogens (tertiary/aromatic N) is 1. The first-order valence-electron chi connectivity index (χ1n) is 9.08. The van der Waals surface area contributed by atoms with Crippen LogP contribution in [0.3, 0.4) is 0 Å². The number of anilines is 1. The van der Waals surface area contributed by atoms with E-state index in [4.69, 9.17) is 0 Å². The Morgan fingerprint density at radius 1 is 1.28 bits per heavy atom. The summed E-state index contributed by atoms with van der Waals surface area (Å²) in [7, 11) is 2.13. The summed E-state index contributed by atoms with van der Waals surface area (Å²) >= 11 is 0. The second-order valence-electron chi connectivity index (χ2n) is 6.85. The number of carbonyl (C=O) groups excluding carboxylic acids is 2. The normalized spacial score (nSPS) is 15.8. The molecule has 0 aromatic heterocycles. The Morgan fingerprint density at radius 3 is 2.68 bits per heavy atom. The van der Waals surface area contributed by atoms with Gasteiger partial charge in [0.05, 0.1) is 6.04 Å². The molecule has 0 radical (unpaired) electrons. The van der Waals surface area contributed by atoms with Crippen molar-refractivity contribution in [3.8, 4) is 0 Å². The minimum Gasteiger partial charge on any atom is -0.337 e. The minimum atomic E-state index is -0.169. The van der Waals surface area contributed by atoms with Gasteiger partial charge in [0, 0.05) is 31.7 Å². The Bertz CT molecular complexity index is 585. The molecule has 1 aromatic carbocycles. The summed E-state index contributed by atoms with van der Waals surface area (Å²) in [5.41, 5.74) is 1.68. The van der Waals surface area contributed by atoms with Crippen molar-refractivity contribution >= 4 is 17.6 Å². The molecule has 6 heteroatoms. The van der Waals surface area contributed by atoms with Gasteiger partial charge in [0.1, 0.15) is 0 Å². The van der Waals surface area contributed by atoms with Gasteiger partial charge in [-0.05, 0) is 44.5 Å². The SMILES string of the molecule is CC(=O)Nc1cccc(C(C)NC(=O)NCCN(C)C2CCCC2)c1. The molecule has 2 rings (SSSR count). The molecule has 1 fully saturated rings. The van der Waals surface area contributed by atoms with Gasteiger partial charge in [-0.3, -0.25) is 4.79 Å². The van der Waals surface area contributed by atoms with Gasteiger partial charge < -0.3 is 20.9 Å². The predicted molar refractivity (Wildman–Crippen MR) is 101 cm³/mol. The first-order chi connectivity index (χ1) is 12.0. The molecule has 0 spiro atoms. The van der Waals surface area contributed by atoms with E-state index >= 15 is 0 Å². The van der Waals surface area contributed by atoms with E-state index in [9.17, 15) is 9.59 Å². The van der Waals surface area contributed by atoms with Crippen LogP contribution in [0.25, 0.3) is 0 Å². The van der Waals surface area contributed by atoms with Crippen LogP contribution >= 0.6 is 0 Å². The fourth-order valence-corrected chi connectivity index (χ4v) is 3.29. The summed E-state index contributed by atoms with van der Waals surface area (Å²) in [6.07, 6.45) is 5.17. The van der Waals surface area contributed by atoms with Gasteiger partial charge in [-0.25, -0.2) is 4.79 Å². The van der Waals surface area contributed by atoms with Crippen LogP contribution in [0.5, 0.6) is 0 Å². The summed E-state index contributed by atoms with van der Waals surface area (Å²) in [6, 6.07) is 7.87. The second kappa shape index (κ2) is 9.42. The smallest absolute Gasteiger partial charge is 0.315 e. The molecule has 1 aliphatic rings. The van der Waals surface area contributed by atoms with Crippen molar-refractivity contribution in [1.29, 1.82) is 0 Å². The third-order valence-corrected chi connectivity index (χ3v) is 4.75. The lowest BCUT2D eigenvalue weighted by atomic mass is 10.1. The summed E-state index contributed by atoms with van der Waals surface area (Å²) in [5, 5.41) is 8.62. The number of urea groups is 1. The minimum absolute atomic E-state index is 0.109. The summed E-state index contributed by atoms with van der Waals surface area (Å²) in [5.74, 6) is -0.109. The van der Waals surface area contributed by atoms with Gasteiger partial charge in [0.2, 0.25) is 5.91 Å². The van der Waals surface area contributed by atoms with Crippen LogP contribution in [0, 0.1) is 0 Å². The van der Waals surface area contributed by atoms with Crippen LogP contribution in [0.2, 0.25) is 0 Å². The number of hydrogen-bond donors (Lipinski definition) is 3. The molecule has 3 amide bonds. The topological polar surface area (TPSA) is 73.5 Å². The van der Waals surface area contributed by atoms with E-state index in [-0.39, 0.29) is 18.0 Å². The average molecular weight is 346 g/mol. The molecule has 1 saturated carbocycles. The molecule has 3 N–H and O–H groups in total. The van der Waals surface area contributed by atoms with Crippen LogP contribution in [0.15, 0.2) is 24.3 Å². The first-order valence-corrected chi connectivity index (χ1v) is 9.08. The van der Waals surface area contributed by atoms with Crippen molar-refractivity contribution in [1.82, 2.24) is 15.5 Å². The van der Waals surface area contributed by atoms with Crippen LogP contribution in [0.4, 0.5) is 10.5 Å². The Labute approximate surface area is 150 Å². The van der Waals surface area contributed by atoms with Crippen molar-refractivity contribution in [2.75, 3.05) is 25.5 Å². The maximum Gasteiger partial charge on any atom is 0.315 e. The lowest BCUT2D eigenvalue weighted by Gasteiger charge is -2.24. The lowest BCUT2D eigenvalue weighted by molar-refractivity contribution is -0.114. The zero-order valence-electron chi connectivity index (χ0n) is 15.5. The highest BCUT2D eigenvalue weighted by Gasteiger charge is 2.19. The fourth-order valence-electron chi connectivity index (χ4n) is 3.29. The van der Waals surface area contributed by atoms with Crippen molar-refractivity contribution in [2.24, 2.45) is 0 Å². The third-order valence-electron chi connectivity index (χ3n) is 4.75. The van der Waals surface area contributed by atoms with E-state index in [1.807, 2.05) is 31.2 Å². The number of carbonyl (C=O) groups is 2. The third kappa shape index (κ3) is 6.38. The molecule has 138 valence electrons. The summed E-state index contributed by atoms with van der Waals surface area (Å²) in [4.78, 5) is 25.6.